The van der Waals surface area contributed by atoms with Gasteiger partial charge in [-0.25, -0.2) is 0 Å². The molecular weight excluding hydrogens is 340 g/mol. The molecule has 0 bridgehead atoms. The Bertz CT molecular complexity index is 718. The van der Waals surface area contributed by atoms with E-state index in [9.17, 15) is 4.79 Å². The van der Waals surface area contributed by atoms with Gasteiger partial charge in [0.25, 0.3) is 0 Å². The van der Waals surface area contributed by atoms with Crippen LogP contribution in [-0.2, 0) is 11.2 Å². The normalized spacial score (nSPS) is 17.2. The molecule has 6 heteroatoms. The highest BCUT2D eigenvalue weighted by atomic mass is 16.5. The first-order chi connectivity index (χ1) is 13.1. The van der Waals surface area contributed by atoms with Crippen LogP contribution in [-0.4, -0.2) is 35.7 Å². The maximum atomic E-state index is 12.0. The quantitative estimate of drug-likeness (QED) is 0.745. The number of nitrogens with one attached hydrogen (secondary N) is 2. The summed E-state index contributed by atoms with van der Waals surface area (Å²) >= 11 is 0. The summed E-state index contributed by atoms with van der Waals surface area (Å²) in [7, 11) is 0. The van der Waals surface area contributed by atoms with Crippen LogP contribution in [0.15, 0.2) is 28.8 Å². The Kier molecular flexibility index (Phi) is 6.98. The molecule has 1 aliphatic heterocycles. The summed E-state index contributed by atoms with van der Waals surface area (Å²) in [6.07, 6.45) is 4.37. The Hall–Kier alpha value is -2.21. The highest BCUT2D eigenvalue weighted by molar-refractivity contribution is 5.76. The van der Waals surface area contributed by atoms with E-state index in [1.807, 2.05) is 12.1 Å². The molecule has 2 N–H and O–H groups in total. The zero-order valence-corrected chi connectivity index (χ0v) is 16.3. The Morgan fingerprint density at radius 2 is 2.15 bits per heavy atom. The van der Waals surface area contributed by atoms with Crippen molar-refractivity contribution in [2.75, 3.05) is 19.6 Å². The molecule has 1 unspecified atom stereocenters. The van der Waals surface area contributed by atoms with Crippen molar-refractivity contribution in [3.63, 3.8) is 0 Å². The number of aromatic nitrogens is 2. The molecule has 2 aromatic rings. The van der Waals surface area contributed by atoms with Crippen molar-refractivity contribution in [1.29, 1.82) is 0 Å². The monoisotopic (exact) mass is 370 g/mol. The number of aryl methyl sites for hydroxylation is 1. The Morgan fingerprint density at radius 1 is 1.33 bits per heavy atom. The highest BCUT2D eigenvalue weighted by Gasteiger charge is 2.14. The third-order valence-electron chi connectivity index (χ3n) is 5.14. The molecule has 1 fully saturated rings. The van der Waals surface area contributed by atoms with Crippen LogP contribution in [0.3, 0.4) is 0 Å². The minimum atomic E-state index is 0.0415. The zero-order valence-electron chi connectivity index (χ0n) is 16.3. The van der Waals surface area contributed by atoms with Gasteiger partial charge in [0.05, 0.1) is 0 Å². The van der Waals surface area contributed by atoms with Crippen LogP contribution in [0.25, 0.3) is 11.4 Å². The molecule has 6 nitrogen and oxygen atoms in total. The number of nitrogens with zero attached hydrogens (tertiary/aromatic N) is 2. The minimum absolute atomic E-state index is 0.0415. The van der Waals surface area contributed by atoms with E-state index in [0.29, 0.717) is 36.4 Å². The summed E-state index contributed by atoms with van der Waals surface area (Å²) in [4.78, 5) is 16.4. The first kappa shape index (κ1) is 19.5. The minimum Gasteiger partial charge on any atom is -0.356 e. The molecule has 1 atom stereocenters. The van der Waals surface area contributed by atoms with E-state index in [4.69, 9.17) is 4.52 Å². The Morgan fingerprint density at radius 3 is 2.85 bits per heavy atom. The van der Waals surface area contributed by atoms with Crippen LogP contribution in [0.5, 0.6) is 0 Å². The molecule has 1 aromatic heterocycles. The number of hydrogen-bond donors (Lipinski definition) is 2. The lowest BCUT2D eigenvalue weighted by molar-refractivity contribution is -0.121. The fraction of sp³-hybridized carbons (Fsp3) is 0.571. The van der Waals surface area contributed by atoms with Crippen molar-refractivity contribution < 1.29 is 9.32 Å². The molecule has 0 spiro atoms. The molecule has 1 aromatic carbocycles. The van der Waals surface area contributed by atoms with Crippen LogP contribution in [0.2, 0.25) is 0 Å². The van der Waals surface area contributed by atoms with Gasteiger partial charge in [-0.2, -0.15) is 4.98 Å². The number of rotatable bonds is 8. The number of carbonyl (C=O) groups excluding carboxylic acids is 1. The molecule has 3 rings (SSSR count). The van der Waals surface area contributed by atoms with Crippen LogP contribution < -0.4 is 10.6 Å². The van der Waals surface area contributed by atoms with Crippen LogP contribution >= 0.6 is 0 Å². The van der Waals surface area contributed by atoms with Gasteiger partial charge >= 0.3 is 0 Å². The second-order valence-electron chi connectivity index (χ2n) is 7.64. The van der Waals surface area contributed by atoms with Gasteiger partial charge in [0.2, 0.25) is 17.6 Å². The number of piperidine rings is 1. The highest BCUT2D eigenvalue weighted by Crippen LogP contribution is 2.20. The lowest BCUT2D eigenvalue weighted by Gasteiger charge is -2.22. The Labute approximate surface area is 161 Å². The van der Waals surface area contributed by atoms with Crippen molar-refractivity contribution in [3.05, 3.63) is 35.7 Å². The lowest BCUT2D eigenvalue weighted by atomic mass is 9.96. The van der Waals surface area contributed by atoms with Crippen LogP contribution in [0.4, 0.5) is 0 Å². The average molecular weight is 370 g/mol. The van der Waals surface area contributed by atoms with E-state index in [1.54, 1.807) is 0 Å². The molecule has 1 amide bonds. The van der Waals surface area contributed by atoms with E-state index >= 15 is 0 Å². The molecule has 0 saturated carbocycles. The zero-order chi connectivity index (χ0) is 19.1. The number of carbonyl (C=O) groups is 1. The molecule has 146 valence electrons. The van der Waals surface area contributed by atoms with Crippen molar-refractivity contribution in [1.82, 2.24) is 20.8 Å². The SMILES string of the molecule is CC(C)c1ccc(-c2noc(CCC(=O)NCCC3CCCNC3)n2)cc1. The molecule has 27 heavy (non-hydrogen) atoms. The summed E-state index contributed by atoms with van der Waals surface area (Å²) in [5.74, 6) is 2.29. The summed E-state index contributed by atoms with van der Waals surface area (Å²) in [6, 6.07) is 8.20. The maximum absolute atomic E-state index is 12.0. The smallest absolute Gasteiger partial charge is 0.227 e. The van der Waals surface area contributed by atoms with E-state index in [0.717, 1.165) is 31.6 Å². The first-order valence-corrected chi connectivity index (χ1v) is 10.0. The van der Waals surface area contributed by atoms with Crippen LogP contribution in [0, 0.1) is 5.92 Å². The third kappa shape index (κ3) is 5.89. The van der Waals surface area contributed by atoms with Gasteiger partial charge in [0, 0.05) is 24.9 Å². The summed E-state index contributed by atoms with van der Waals surface area (Å²) in [5, 5.41) is 10.4. The molecule has 1 aliphatic rings. The number of hydrogen-bond acceptors (Lipinski definition) is 5. The van der Waals surface area contributed by atoms with Gasteiger partial charge in [-0.3, -0.25) is 4.79 Å². The summed E-state index contributed by atoms with van der Waals surface area (Å²) in [6.45, 7) is 7.26. The van der Waals surface area contributed by atoms with E-state index in [-0.39, 0.29) is 5.91 Å². The fourth-order valence-electron chi connectivity index (χ4n) is 3.39. The predicted molar refractivity (Wildman–Crippen MR) is 105 cm³/mol. The van der Waals surface area contributed by atoms with Gasteiger partial charge in [-0.1, -0.05) is 43.3 Å². The largest absolute Gasteiger partial charge is 0.356 e. The topological polar surface area (TPSA) is 80.0 Å². The lowest BCUT2D eigenvalue weighted by Crippen LogP contribution is -2.33. The van der Waals surface area contributed by atoms with Gasteiger partial charge in [0.1, 0.15) is 0 Å². The van der Waals surface area contributed by atoms with Crippen molar-refractivity contribution in [2.24, 2.45) is 5.92 Å². The van der Waals surface area contributed by atoms with Crippen molar-refractivity contribution >= 4 is 5.91 Å². The summed E-state index contributed by atoms with van der Waals surface area (Å²) < 4.78 is 5.30. The second-order valence-corrected chi connectivity index (χ2v) is 7.64. The first-order valence-electron chi connectivity index (χ1n) is 10.0. The van der Waals surface area contributed by atoms with E-state index in [2.05, 4.69) is 46.8 Å². The third-order valence-corrected chi connectivity index (χ3v) is 5.14. The maximum Gasteiger partial charge on any atom is 0.227 e. The molecular formula is C21H30N4O2. The number of amides is 1. The van der Waals surface area contributed by atoms with Gasteiger partial charge in [-0.15, -0.1) is 0 Å². The van der Waals surface area contributed by atoms with Gasteiger partial charge < -0.3 is 15.2 Å². The predicted octanol–water partition coefficient (Wildman–Crippen LogP) is 3.30. The standard InChI is InChI=1S/C21H30N4O2/c1-15(2)17-5-7-18(8-6-17)21-24-20(27-25-21)10-9-19(26)23-13-11-16-4-3-12-22-14-16/h5-8,15-16,22H,3-4,9-14H2,1-2H3,(H,23,26). The van der Waals surface area contributed by atoms with Gasteiger partial charge in [0.15, 0.2) is 0 Å². The molecule has 2 heterocycles. The van der Waals surface area contributed by atoms with Crippen LogP contribution in [0.1, 0.15) is 56.9 Å². The molecule has 0 radical (unpaired) electrons. The summed E-state index contributed by atoms with van der Waals surface area (Å²) in [5.41, 5.74) is 2.21. The Balaban J connectivity index is 1.41. The second kappa shape index (κ2) is 9.65. The van der Waals surface area contributed by atoms with Gasteiger partial charge in [-0.05, 0) is 49.8 Å². The van der Waals surface area contributed by atoms with E-state index in [1.165, 1.54) is 18.4 Å². The van der Waals surface area contributed by atoms with E-state index < -0.39 is 0 Å². The number of benzene rings is 1. The average Bonchev–Trinajstić information content (AvgIpc) is 3.16. The molecule has 1 saturated heterocycles. The molecule has 0 aliphatic carbocycles. The fourth-order valence-corrected chi connectivity index (χ4v) is 3.39. The van der Waals surface area contributed by atoms with Crippen molar-refractivity contribution in [2.45, 2.75) is 51.9 Å². The van der Waals surface area contributed by atoms with Crippen molar-refractivity contribution in [3.8, 4) is 11.4 Å².